The van der Waals surface area contributed by atoms with E-state index in [-0.39, 0.29) is 17.8 Å². The molecule has 1 atom stereocenters. The number of anilines is 1. The Kier molecular flexibility index (Phi) is 8.23. The van der Waals surface area contributed by atoms with Gasteiger partial charge < -0.3 is 14.6 Å². The predicted octanol–water partition coefficient (Wildman–Crippen LogP) is 6.04. The van der Waals surface area contributed by atoms with Crippen LogP contribution in [0.2, 0.25) is 5.02 Å². The Balaban J connectivity index is 1.67. The lowest BCUT2D eigenvalue weighted by Crippen LogP contribution is -2.17. The maximum atomic E-state index is 12.6. The summed E-state index contributed by atoms with van der Waals surface area (Å²) in [6, 6.07) is 11.4. The van der Waals surface area contributed by atoms with Gasteiger partial charge in [-0.1, -0.05) is 35.5 Å². The molecule has 0 unspecified atom stereocenters. The highest BCUT2D eigenvalue weighted by atomic mass is 127. The molecular weight excluding hydrogens is 547 g/mol. The number of hydrogen-bond donors (Lipinski definition) is 1. The van der Waals surface area contributed by atoms with Crippen LogP contribution in [0, 0.1) is 17.4 Å². The van der Waals surface area contributed by atoms with E-state index in [4.69, 9.17) is 16.3 Å². The lowest BCUT2D eigenvalue weighted by Gasteiger charge is -2.16. The zero-order valence-electron chi connectivity index (χ0n) is 17.8. The summed E-state index contributed by atoms with van der Waals surface area (Å²) in [6.45, 7) is 8.58. The molecule has 164 valence electrons. The maximum Gasteiger partial charge on any atom is 0.234 e. The van der Waals surface area contributed by atoms with Gasteiger partial charge in [0.25, 0.3) is 0 Å². The molecule has 1 N–H and O–H groups in total. The van der Waals surface area contributed by atoms with Crippen molar-refractivity contribution in [3.63, 3.8) is 0 Å². The Hall–Kier alpha value is -1.78. The van der Waals surface area contributed by atoms with Gasteiger partial charge in [0.15, 0.2) is 17.1 Å². The minimum absolute atomic E-state index is 0.0787. The third-order valence-corrected chi connectivity index (χ3v) is 6.56. The van der Waals surface area contributed by atoms with Crippen LogP contribution in [0.25, 0.3) is 0 Å². The first-order chi connectivity index (χ1) is 14.8. The van der Waals surface area contributed by atoms with Gasteiger partial charge in [-0.3, -0.25) is 4.79 Å². The van der Waals surface area contributed by atoms with E-state index in [1.54, 1.807) is 6.07 Å². The van der Waals surface area contributed by atoms with Crippen molar-refractivity contribution >= 4 is 57.5 Å². The topological polar surface area (TPSA) is 69.0 Å². The largest absolute Gasteiger partial charge is 0.481 e. The first-order valence-electron chi connectivity index (χ1n) is 9.83. The molecule has 0 aliphatic rings. The number of carbonyl (C=O) groups excluding carboxylic acids is 1. The third kappa shape index (κ3) is 5.93. The second-order valence-corrected chi connectivity index (χ2v) is 9.62. The van der Waals surface area contributed by atoms with Crippen molar-refractivity contribution in [2.24, 2.45) is 0 Å². The highest BCUT2D eigenvalue weighted by Crippen LogP contribution is 2.29. The Morgan fingerprint density at radius 3 is 2.58 bits per heavy atom. The quantitative estimate of drug-likeness (QED) is 0.264. The molecule has 3 rings (SSSR count). The molecule has 1 amide bonds. The van der Waals surface area contributed by atoms with E-state index in [1.807, 2.05) is 50.5 Å². The average molecular weight is 571 g/mol. The fourth-order valence-electron chi connectivity index (χ4n) is 3.20. The summed E-state index contributed by atoms with van der Waals surface area (Å²) >= 11 is 9.83. The van der Waals surface area contributed by atoms with Crippen molar-refractivity contribution in [1.82, 2.24) is 14.8 Å². The molecule has 0 aliphatic carbocycles. The highest BCUT2D eigenvalue weighted by molar-refractivity contribution is 14.1. The predicted molar refractivity (Wildman–Crippen MR) is 134 cm³/mol. The number of nitrogens with zero attached hydrogens (tertiary/aromatic N) is 3. The summed E-state index contributed by atoms with van der Waals surface area (Å²) in [5.74, 6) is 1.45. The molecule has 0 saturated heterocycles. The monoisotopic (exact) mass is 570 g/mol. The molecule has 1 aromatic heterocycles. The first-order valence-corrected chi connectivity index (χ1v) is 12.3. The van der Waals surface area contributed by atoms with E-state index in [9.17, 15) is 4.79 Å². The number of thioether (sulfide) groups is 1. The molecule has 0 aliphatic heterocycles. The number of aromatic nitrogens is 3. The molecule has 0 fully saturated rings. The SMILES string of the molecule is CCn1c(SCC(=O)Nc2c(C)cc(I)cc2C)nnc1[C@H](C)Oc1ccccc1Cl. The molecular formula is C22H24ClIN4O2S. The number of amides is 1. The van der Waals surface area contributed by atoms with E-state index in [0.29, 0.717) is 28.3 Å². The van der Waals surface area contributed by atoms with Crippen molar-refractivity contribution in [3.8, 4) is 5.75 Å². The summed E-state index contributed by atoms with van der Waals surface area (Å²) in [7, 11) is 0. The third-order valence-electron chi connectivity index (χ3n) is 4.66. The lowest BCUT2D eigenvalue weighted by molar-refractivity contribution is -0.113. The number of rotatable bonds is 8. The first kappa shape index (κ1) is 23.9. The van der Waals surface area contributed by atoms with Crippen LogP contribution in [-0.4, -0.2) is 26.4 Å². The molecule has 6 nitrogen and oxygen atoms in total. The lowest BCUT2D eigenvalue weighted by atomic mass is 10.1. The van der Waals surface area contributed by atoms with Crippen LogP contribution >= 0.6 is 46.0 Å². The van der Waals surface area contributed by atoms with Gasteiger partial charge in [-0.15, -0.1) is 10.2 Å². The Bertz CT molecular complexity index is 1070. The van der Waals surface area contributed by atoms with Crippen LogP contribution in [0.4, 0.5) is 5.69 Å². The van der Waals surface area contributed by atoms with Crippen LogP contribution in [0.1, 0.15) is 36.9 Å². The van der Waals surface area contributed by atoms with E-state index >= 15 is 0 Å². The minimum atomic E-state index is -0.340. The molecule has 0 spiro atoms. The number of para-hydroxylation sites is 1. The number of nitrogens with one attached hydrogen (secondary N) is 1. The maximum absolute atomic E-state index is 12.6. The fourth-order valence-corrected chi connectivity index (χ4v) is 5.13. The zero-order chi connectivity index (χ0) is 22.5. The van der Waals surface area contributed by atoms with Crippen LogP contribution < -0.4 is 10.1 Å². The summed E-state index contributed by atoms with van der Waals surface area (Å²) in [5, 5.41) is 12.8. The average Bonchev–Trinajstić information content (AvgIpc) is 3.14. The van der Waals surface area contributed by atoms with Gasteiger partial charge in [0.1, 0.15) is 5.75 Å². The number of carbonyl (C=O) groups is 1. The normalized spacial score (nSPS) is 11.9. The van der Waals surface area contributed by atoms with E-state index < -0.39 is 0 Å². The van der Waals surface area contributed by atoms with E-state index in [1.165, 1.54) is 11.8 Å². The zero-order valence-corrected chi connectivity index (χ0v) is 21.5. The number of aryl methyl sites for hydroxylation is 2. The van der Waals surface area contributed by atoms with Gasteiger partial charge in [-0.25, -0.2) is 0 Å². The van der Waals surface area contributed by atoms with Gasteiger partial charge >= 0.3 is 0 Å². The van der Waals surface area contributed by atoms with Gasteiger partial charge in [0, 0.05) is 15.8 Å². The number of ether oxygens (including phenoxy) is 1. The second-order valence-electron chi connectivity index (χ2n) is 7.03. The Morgan fingerprint density at radius 2 is 1.94 bits per heavy atom. The number of benzene rings is 2. The molecule has 0 radical (unpaired) electrons. The second kappa shape index (κ2) is 10.7. The smallest absolute Gasteiger partial charge is 0.234 e. The summed E-state index contributed by atoms with van der Waals surface area (Å²) in [4.78, 5) is 12.6. The fraction of sp³-hybridized carbons (Fsp3) is 0.318. The van der Waals surface area contributed by atoms with Crippen molar-refractivity contribution in [2.75, 3.05) is 11.1 Å². The van der Waals surface area contributed by atoms with Gasteiger partial charge in [0.05, 0.1) is 10.8 Å². The minimum Gasteiger partial charge on any atom is -0.481 e. The van der Waals surface area contributed by atoms with Gasteiger partial charge in [-0.2, -0.15) is 0 Å². The van der Waals surface area contributed by atoms with Crippen molar-refractivity contribution in [3.05, 3.63) is 61.9 Å². The number of halogens is 2. The summed E-state index contributed by atoms with van der Waals surface area (Å²) in [6.07, 6.45) is -0.340. The van der Waals surface area contributed by atoms with Crippen molar-refractivity contribution in [1.29, 1.82) is 0 Å². The van der Waals surface area contributed by atoms with Gasteiger partial charge in [-0.05, 0) is 85.7 Å². The van der Waals surface area contributed by atoms with Crippen molar-refractivity contribution < 1.29 is 9.53 Å². The van der Waals surface area contributed by atoms with Crippen LogP contribution in [0.5, 0.6) is 5.75 Å². The highest BCUT2D eigenvalue weighted by Gasteiger charge is 2.20. The Labute approximate surface area is 205 Å². The number of hydrogen-bond acceptors (Lipinski definition) is 5. The van der Waals surface area contributed by atoms with Crippen LogP contribution in [0.3, 0.4) is 0 Å². The molecule has 3 aromatic rings. The Morgan fingerprint density at radius 1 is 1.26 bits per heavy atom. The summed E-state index contributed by atoms with van der Waals surface area (Å²) in [5.41, 5.74) is 2.96. The van der Waals surface area contributed by atoms with Crippen LogP contribution in [0.15, 0.2) is 41.6 Å². The van der Waals surface area contributed by atoms with Crippen molar-refractivity contribution in [2.45, 2.75) is 45.5 Å². The van der Waals surface area contributed by atoms with E-state index in [2.05, 4.69) is 50.2 Å². The molecule has 1 heterocycles. The standard InChI is InChI=1S/C22H24ClIN4O2S/c1-5-28-21(15(4)30-18-9-7-6-8-17(18)23)26-27-22(28)31-12-19(29)25-20-13(2)10-16(24)11-14(20)3/h6-11,15H,5,12H2,1-4H3,(H,25,29)/t15-/m0/s1. The molecule has 31 heavy (non-hydrogen) atoms. The van der Waals surface area contributed by atoms with Gasteiger partial charge in [0.2, 0.25) is 5.91 Å². The van der Waals surface area contributed by atoms with E-state index in [0.717, 1.165) is 20.4 Å². The van der Waals surface area contributed by atoms with Crippen LogP contribution in [-0.2, 0) is 11.3 Å². The molecule has 2 aromatic carbocycles. The summed E-state index contributed by atoms with van der Waals surface area (Å²) < 4.78 is 9.09. The molecule has 0 bridgehead atoms. The molecule has 9 heteroatoms. The molecule has 0 saturated carbocycles.